The van der Waals surface area contributed by atoms with Gasteiger partial charge in [0, 0.05) is 7.11 Å². The highest BCUT2D eigenvalue weighted by atomic mass is 31.2. The average Bonchev–Trinajstić information content (AvgIpc) is 2.89. The van der Waals surface area contributed by atoms with Gasteiger partial charge < -0.3 is 84.2 Å². The van der Waals surface area contributed by atoms with Crippen molar-refractivity contribution in [2.24, 2.45) is 0 Å². The Morgan fingerprint density at radius 2 is 1.00 bits per heavy atom. The molecule has 39 heavy (non-hydrogen) atoms. The Bertz CT molecular complexity index is 812. The van der Waals surface area contributed by atoms with Crippen LogP contribution in [0.4, 0.5) is 0 Å². The van der Waals surface area contributed by atoms with E-state index in [9.17, 15) is 60.3 Å². The summed E-state index contributed by atoms with van der Waals surface area (Å²) in [5.74, 6) is 0. The maximum Gasteiger partial charge on any atom is 0.470 e. The Labute approximate surface area is 220 Å². The van der Waals surface area contributed by atoms with Crippen molar-refractivity contribution in [3.8, 4) is 0 Å². The lowest BCUT2D eigenvalue weighted by molar-refractivity contribution is -0.377. The van der Waals surface area contributed by atoms with Crippen LogP contribution >= 0.6 is 7.82 Å². The first-order chi connectivity index (χ1) is 18.3. The van der Waals surface area contributed by atoms with Gasteiger partial charge >= 0.3 is 7.82 Å². The Morgan fingerprint density at radius 3 is 1.46 bits per heavy atom. The molecular weight excluding hydrogens is 563 g/mol. The summed E-state index contributed by atoms with van der Waals surface area (Å²) in [6.45, 7) is -2.52. The fourth-order valence-electron chi connectivity index (χ4n) is 4.49. The molecule has 3 fully saturated rings. The normalized spacial score (nSPS) is 47.7. The van der Waals surface area contributed by atoms with E-state index < -0.39 is 120 Å². The highest BCUT2D eigenvalue weighted by Crippen LogP contribution is 2.42. The number of hydrogen-bond donors (Lipinski definition) is 11. The zero-order valence-corrected chi connectivity index (χ0v) is 21.3. The number of hydrogen-bond acceptors (Lipinski definition) is 17. The first kappa shape index (κ1) is 33.0. The minimum Gasteiger partial charge on any atom is -0.394 e. The van der Waals surface area contributed by atoms with E-state index in [-0.39, 0.29) is 0 Å². The number of phosphoric acid groups is 1. The van der Waals surface area contributed by atoms with Crippen LogP contribution in [0.25, 0.3) is 0 Å². The van der Waals surface area contributed by atoms with Crippen LogP contribution in [-0.4, -0.2) is 175 Å². The van der Waals surface area contributed by atoms with Gasteiger partial charge in [-0.15, -0.1) is 0 Å². The fourth-order valence-corrected chi connectivity index (χ4v) is 5.04. The molecule has 11 N–H and O–H groups in total. The predicted octanol–water partition coefficient (Wildman–Crippen LogP) is -6.80. The summed E-state index contributed by atoms with van der Waals surface area (Å²) < 4.78 is 47.8. The fraction of sp³-hybridized carbons (Fsp3) is 1.00. The third-order valence-electron chi connectivity index (χ3n) is 6.54. The number of rotatable bonds is 10. The average molecular weight is 598 g/mol. The molecule has 3 aliphatic heterocycles. The van der Waals surface area contributed by atoms with Gasteiger partial charge in [0.05, 0.1) is 19.8 Å². The summed E-state index contributed by atoms with van der Waals surface area (Å²) in [4.78, 5) is 18.4. The zero-order valence-electron chi connectivity index (χ0n) is 20.4. The van der Waals surface area contributed by atoms with E-state index in [1.54, 1.807) is 0 Å². The molecule has 3 aliphatic rings. The lowest BCUT2D eigenvalue weighted by atomic mass is 9.96. The summed E-state index contributed by atoms with van der Waals surface area (Å²) in [6.07, 6.45) is -26.1. The van der Waals surface area contributed by atoms with E-state index in [0.717, 1.165) is 0 Å². The molecule has 0 unspecified atom stereocenters. The monoisotopic (exact) mass is 598 g/mol. The van der Waals surface area contributed by atoms with Gasteiger partial charge in [0.1, 0.15) is 73.2 Å². The van der Waals surface area contributed by atoms with Crippen molar-refractivity contribution in [2.75, 3.05) is 26.9 Å². The van der Waals surface area contributed by atoms with Crippen molar-refractivity contribution >= 4 is 7.82 Å². The molecule has 0 radical (unpaired) electrons. The Balaban J connectivity index is 1.78. The molecule has 20 heteroatoms. The van der Waals surface area contributed by atoms with Gasteiger partial charge in [-0.1, -0.05) is 0 Å². The Morgan fingerprint density at radius 1 is 0.590 bits per heavy atom. The van der Waals surface area contributed by atoms with E-state index in [1.165, 1.54) is 7.11 Å². The van der Waals surface area contributed by atoms with Crippen LogP contribution in [0.5, 0.6) is 0 Å². The second-order valence-corrected chi connectivity index (χ2v) is 10.3. The zero-order chi connectivity index (χ0) is 29.2. The minimum absolute atomic E-state index is 0.727. The van der Waals surface area contributed by atoms with Crippen molar-refractivity contribution in [2.45, 2.75) is 92.1 Å². The number of methoxy groups -OCH3 is 1. The largest absolute Gasteiger partial charge is 0.470 e. The summed E-state index contributed by atoms with van der Waals surface area (Å²) in [7, 11) is -4.13. The third kappa shape index (κ3) is 7.30. The van der Waals surface area contributed by atoms with Crippen molar-refractivity contribution < 1.29 is 93.3 Å². The molecule has 0 spiro atoms. The lowest BCUT2D eigenvalue weighted by Crippen LogP contribution is -2.66. The van der Waals surface area contributed by atoms with Crippen LogP contribution in [0.15, 0.2) is 0 Å². The molecule has 0 aliphatic carbocycles. The van der Waals surface area contributed by atoms with Crippen molar-refractivity contribution in [3.63, 3.8) is 0 Å². The minimum atomic E-state index is -5.32. The number of aliphatic hydroxyl groups is 9. The molecule has 15 atom stereocenters. The van der Waals surface area contributed by atoms with Crippen LogP contribution in [0.3, 0.4) is 0 Å². The van der Waals surface area contributed by atoms with Crippen LogP contribution < -0.4 is 0 Å². The molecule has 0 saturated carbocycles. The summed E-state index contributed by atoms with van der Waals surface area (Å²) in [5.41, 5.74) is 0. The molecule has 0 bridgehead atoms. The first-order valence-corrected chi connectivity index (χ1v) is 13.3. The standard InChI is InChI=1S/C19H35O19P/c1-32-17-12(27)10(25)14(6(3-21)34-17)36-18-13(28)11(26)15(7(4-22)35-18)37-19-16(38-39(29,30)31)9(24)8(23)5(2-20)33-19/h5-28H,2-4H2,1H3,(H2,29,30,31)/t5-,6-,7-,8-,9+,10-,11-,12-,13-,14-,15-,16-,17+,18-,19-/m1/s1. The van der Waals surface area contributed by atoms with Crippen LogP contribution in [0.1, 0.15) is 0 Å². The van der Waals surface area contributed by atoms with E-state index in [2.05, 4.69) is 4.52 Å². The second-order valence-electron chi connectivity index (χ2n) is 9.12. The first-order valence-electron chi connectivity index (χ1n) is 11.7. The maximum absolute atomic E-state index is 11.4. The highest BCUT2D eigenvalue weighted by Gasteiger charge is 2.54. The van der Waals surface area contributed by atoms with Gasteiger partial charge in [0.15, 0.2) is 18.9 Å². The van der Waals surface area contributed by atoms with E-state index in [0.29, 0.717) is 0 Å². The second kappa shape index (κ2) is 13.7. The quantitative estimate of drug-likeness (QED) is 0.104. The van der Waals surface area contributed by atoms with E-state index >= 15 is 0 Å². The van der Waals surface area contributed by atoms with Crippen molar-refractivity contribution in [1.29, 1.82) is 0 Å². The van der Waals surface area contributed by atoms with Gasteiger partial charge in [-0.3, -0.25) is 4.52 Å². The lowest BCUT2D eigenvalue weighted by Gasteiger charge is -2.48. The number of phosphoric ester groups is 1. The topological polar surface area (TPSA) is 304 Å². The Kier molecular flexibility index (Phi) is 11.6. The van der Waals surface area contributed by atoms with E-state index in [4.69, 9.17) is 28.4 Å². The van der Waals surface area contributed by atoms with Crippen LogP contribution in [0.2, 0.25) is 0 Å². The van der Waals surface area contributed by atoms with Crippen LogP contribution in [0, 0.1) is 0 Å². The molecular formula is C19H35O19P. The summed E-state index contributed by atoms with van der Waals surface area (Å²) in [5, 5.41) is 91.4. The molecule has 230 valence electrons. The predicted molar refractivity (Wildman–Crippen MR) is 117 cm³/mol. The van der Waals surface area contributed by atoms with Gasteiger partial charge in [-0.25, -0.2) is 4.57 Å². The molecule has 0 amide bonds. The summed E-state index contributed by atoms with van der Waals surface area (Å²) in [6, 6.07) is 0. The highest BCUT2D eigenvalue weighted by molar-refractivity contribution is 7.46. The molecule has 0 aromatic heterocycles. The molecule has 19 nitrogen and oxygen atoms in total. The molecule has 3 heterocycles. The van der Waals surface area contributed by atoms with Crippen LogP contribution in [-0.2, 0) is 37.5 Å². The summed E-state index contributed by atoms with van der Waals surface area (Å²) >= 11 is 0. The molecule has 0 aromatic rings. The van der Waals surface area contributed by atoms with Crippen molar-refractivity contribution in [3.05, 3.63) is 0 Å². The number of ether oxygens (including phenoxy) is 6. The molecule has 3 rings (SSSR count). The third-order valence-corrected chi connectivity index (χ3v) is 7.06. The molecule has 3 saturated heterocycles. The van der Waals surface area contributed by atoms with Gasteiger partial charge in [0.25, 0.3) is 0 Å². The Hall–Kier alpha value is -0.490. The number of aliphatic hydroxyl groups excluding tert-OH is 9. The SMILES string of the molecule is CO[C@H]1O[C@H](CO)[C@@H](O[C@H]2O[C@H](CO)[C@@H](O[C@H]3O[C@H](CO)[C@@H](O)[C@H](O)[C@H]3OP(=O)(O)O)[C@H](O)[C@H]2O)[C@H](O)[C@H]1O. The van der Waals surface area contributed by atoms with E-state index in [1.807, 2.05) is 0 Å². The smallest absolute Gasteiger partial charge is 0.394 e. The molecule has 0 aromatic carbocycles. The van der Waals surface area contributed by atoms with Gasteiger partial charge in [0.2, 0.25) is 0 Å². The van der Waals surface area contributed by atoms with Gasteiger partial charge in [-0.05, 0) is 0 Å². The maximum atomic E-state index is 11.4. The van der Waals surface area contributed by atoms with Crippen molar-refractivity contribution in [1.82, 2.24) is 0 Å². The van der Waals surface area contributed by atoms with Gasteiger partial charge in [-0.2, -0.15) is 0 Å².